The lowest BCUT2D eigenvalue weighted by molar-refractivity contribution is -0.143. The zero-order chi connectivity index (χ0) is 17.6. The number of amides is 1. The summed E-state index contributed by atoms with van der Waals surface area (Å²) < 4.78 is 10.6. The number of anilines is 1. The van der Waals surface area contributed by atoms with Gasteiger partial charge in [0, 0.05) is 11.3 Å². The highest BCUT2D eigenvalue weighted by Crippen LogP contribution is 2.26. The number of benzene rings is 2. The Morgan fingerprint density at radius 3 is 2.72 bits per heavy atom. The van der Waals surface area contributed by atoms with Crippen LogP contribution in [0.25, 0.3) is 6.08 Å². The van der Waals surface area contributed by atoms with Gasteiger partial charge >= 0.3 is 5.97 Å². The molecule has 0 bridgehead atoms. The van der Waals surface area contributed by atoms with Gasteiger partial charge in [0.25, 0.3) is 5.91 Å². The van der Waals surface area contributed by atoms with E-state index >= 15 is 0 Å². The van der Waals surface area contributed by atoms with E-state index in [1.54, 1.807) is 6.08 Å². The van der Waals surface area contributed by atoms with Gasteiger partial charge in [0.15, 0.2) is 6.61 Å². The number of fused-ring (bicyclic) bond motifs is 1. The minimum Gasteiger partial charge on any atom is -0.488 e. The fraction of sp³-hybridized carbons (Fsp3) is 0.200. The number of carbonyl (C=O) groups is 2. The van der Waals surface area contributed by atoms with Crippen LogP contribution < -0.4 is 10.1 Å². The van der Waals surface area contributed by atoms with Gasteiger partial charge in [0.1, 0.15) is 12.4 Å². The summed E-state index contributed by atoms with van der Waals surface area (Å²) in [5.74, 6) is -0.187. The highest BCUT2D eigenvalue weighted by molar-refractivity contribution is 5.98. The van der Waals surface area contributed by atoms with Crippen molar-refractivity contribution in [3.63, 3.8) is 0 Å². The summed E-state index contributed by atoms with van der Waals surface area (Å²) in [6.07, 6.45) is 2.53. The van der Waals surface area contributed by atoms with Gasteiger partial charge in [-0.15, -0.1) is 0 Å². The number of hydrogen-bond acceptors (Lipinski definition) is 4. The van der Waals surface area contributed by atoms with Gasteiger partial charge in [-0.3, -0.25) is 4.79 Å². The molecule has 1 aliphatic rings. The van der Waals surface area contributed by atoms with Crippen LogP contribution in [0.15, 0.2) is 54.1 Å². The molecule has 0 atom stereocenters. The third kappa shape index (κ3) is 4.07. The maximum Gasteiger partial charge on any atom is 0.338 e. The van der Waals surface area contributed by atoms with Crippen molar-refractivity contribution in [1.29, 1.82) is 0 Å². The first-order chi connectivity index (χ1) is 12.2. The Kier molecular flexibility index (Phi) is 5.14. The number of hydrogen-bond donors (Lipinski definition) is 1. The first kappa shape index (κ1) is 16.8. The fourth-order valence-corrected chi connectivity index (χ4v) is 2.59. The van der Waals surface area contributed by atoms with Crippen molar-refractivity contribution >= 4 is 23.6 Å². The molecule has 0 radical (unpaired) electrons. The van der Waals surface area contributed by atoms with Crippen LogP contribution in [0, 0.1) is 0 Å². The average molecular weight is 337 g/mol. The van der Waals surface area contributed by atoms with Crippen LogP contribution in [-0.4, -0.2) is 25.1 Å². The molecule has 3 rings (SSSR count). The van der Waals surface area contributed by atoms with Gasteiger partial charge in [-0.1, -0.05) is 43.3 Å². The Labute approximate surface area is 146 Å². The van der Waals surface area contributed by atoms with Crippen LogP contribution in [0.5, 0.6) is 5.75 Å². The summed E-state index contributed by atoms with van der Waals surface area (Å²) in [6.45, 7) is 1.81. The molecule has 2 aromatic rings. The number of nitrogens with one attached hydrogen (secondary N) is 1. The smallest absolute Gasteiger partial charge is 0.338 e. The summed E-state index contributed by atoms with van der Waals surface area (Å²) in [5.41, 5.74) is 2.98. The molecule has 1 N–H and O–H groups in total. The zero-order valence-electron chi connectivity index (χ0n) is 14.0. The average Bonchev–Trinajstić information content (AvgIpc) is 2.66. The van der Waals surface area contributed by atoms with E-state index in [2.05, 4.69) is 5.32 Å². The van der Waals surface area contributed by atoms with Crippen LogP contribution in [-0.2, 0) is 20.7 Å². The normalized spacial score (nSPS) is 12.4. The molecular formula is C20H19NO4. The van der Waals surface area contributed by atoms with Crippen LogP contribution >= 0.6 is 0 Å². The summed E-state index contributed by atoms with van der Waals surface area (Å²) in [7, 11) is 0. The summed E-state index contributed by atoms with van der Waals surface area (Å²) in [6, 6.07) is 15.0. The lowest BCUT2D eigenvalue weighted by Crippen LogP contribution is -2.24. The quantitative estimate of drug-likeness (QED) is 0.851. The van der Waals surface area contributed by atoms with E-state index in [0.717, 1.165) is 29.0 Å². The minimum atomic E-state index is -0.548. The zero-order valence-corrected chi connectivity index (χ0v) is 14.0. The first-order valence-corrected chi connectivity index (χ1v) is 8.14. The topological polar surface area (TPSA) is 64.6 Å². The molecule has 0 aliphatic carbocycles. The monoisotopic (exact) mass is 337 g/mol. The fourth-order valence-electron chi connectivity index (χ4n) is 2.59. The van der Waals surface area contributed by atoms with Gasteiger partial charge < -0.3 is 14.8 Å². The van der Waals surface area contributed by atoms with Crippen molar-refractivity contribution in [2.24, 2.45) is 0 Å². The molecule has 0 unspecified atom stereocenters. The predicted molar refractivity (Wildman–Crippen MR) is 95.3 cm³/mol. The third-order valence-electron chi connectivity index (χ3n) is 3.90. The van der Waals surface area contributed by atoms with Crippen molar-refractivity contribution in [3.8, 4) is 5.75 Å². The van der Waals surface area contributed by atoms with E-state index in [1.165, 1.54) is 0 Å². The van der Waals surface area contributed by atoms with Crippen molar-refractivity contribution < 1.29 is 19.1 Å². The molecule has 5 heteroatoms. The van der Waals surface area contributed by atoms with E-state index in [9.17, 15) is 9.59 Å². The number of aryl methyl sites for hydroxylation is 1. The lowest BCUT2D eigenvalue weighted by Gasteiger charge is -2.17. The Morgan fingerprint density at radius 2 is 1.88 bits per heavy atom. The molecule has 5 nitrogen and oxygen atoms in total. The Hall–Kier alpha value is -3.08. The molecule has 1 amide bonds. The highest BCUT2D eigenvalue weighted by atomic mass is 16.5. The maximum atomic E-state index is 12.1. The molecule has 0 fully saturated rings. The number of ether oxygens (including phenoxy) is 2. The van der Waals surface area contributed by atoms with E-state index in [4.69, 9.17) is 9.47 Å². The molecule has 2 aromatic carbocycles. The second-order valence-electron chi connectivity index (χ2n) is 5.63. The van der Waals surface area contributed by atoms with E-state index in [0.29, 0.717) is 5.57 Å². The van der Waals surface area contributed by atoms with Crippen LogP contribution in [0.2, 0.25) is 0 Å². The van der Waals surface area contributed by atoms with Crippen molar-refractivity contribution in [1.82, 2.24) is 0 Å². The standard InChI is InChI=1S/C20H19NO4/c1-2-14-7-3-5-9-17(14)21-19(22)13-25-20(23)16-11-15-8-4-6-10-18(15)24-12-16/h3-11H,2,12-13H2,1H3,(H,21,22). The second kappa shape index (κ2) is 7.66. The highest BCUT2D eigenvalue weighted by Gasteiger charge is 2.19. The minimum absolute atomic E-state index is 0.135. The molecule has 0 aromatic heterocycles. The maximum absolute atomic E-state index is 12.1. The summed E-state index contributed by atoms with van der Waals surface area (Å²) in [5, 5.41) is 2.77. The van der Waals surface area contributed by atoms with Crippen molar-refractivity contribution in [2.75, 3.05) is 18.5 Å². The Balaban J connectivity index is 1.58. The number of rotatable bonds is 5. The van der Waals surface area contributed by atoms with Crippen LogP contribution in [0.3, 0.4) is 0 Å². The SMILES string of the molecule is CCc1ccccc1NC(=O)COC(=O)C1=Cc2ccccc2OC1. The number of carbonyl (C=O) groups excluding carboxylic acids is 2. The van der Waals surface area contributed by atoms with E-state index in [-0.39, 0.29) is 19.1 Å². The molecule has 0 saturated heterocycles. The Bertz CT molecular complexity index is 826. The molecule has 0 saturated carbocycles. The summed E-state index contributed by atoms with van der Waals surface area (Å²) in [4.78, 5) is 24.2. The lowest BCUT2D eigenvalue weighted by atomic mass is 10.1. The first-order valence-electron chi connectivity index (χ1n) is 8.14. The Morgan fingerprint density at radius 1 is 1.12 bits per heavy atom. The van der Waals surface area contributed by atoms with E-state index < -0.39 is 5.97 Å². The van der Waals surface area contributed by atoms with Gasteiger partial charge in [-0.25, -0.2) is 4.79 Å². The molecule has 1 heterocycles. The molecular weight excluding hydrogens is 318 g/mol. The largest absolute Gasteiger partial charge is 0.488 e. The second-order valence-corrected chi connectivity index (χ2v) is 5.63. The third-order valence-corrected chi connectivity index (χ3v) is 3.90. The number of esters is 1. The molecule has 1 aliphatic heterocycles. The van der Waals surface area contributed by atoms with Crippen molar-refractivity contribution in [2.45, 2.75) is 13.3 Å². The summed E-state index contributed by atoms with van der Waals surface area (Å²) >= 11 is 0. The van der Waals surface area contributed by atoms with Gasteiger partial charge in [0.05, 0.1) is 5.57 Å². The number of para-hydroxylation sites is 2. The predicted octanol–water partition coefficient (Wildman–Crippen LogP) is 3.21. The van der Waals surface area contributed by atoms with Crippen LogP contribution in [0.4, 0.5) is 5.69 Å². The molecule has 128 valence electrons. The molecule has 25 heavy (non-hydrogen) atoms. The van der Waals surface area contributed by atoms with Crippen LogP contribution in [0.1, 0.15) is 18.1 Å². The van der Waals surface area contributed by atoms with Gasteiger partial charge in [-0.05, 0) is 30.2 Å². The van der Waals surface area contributed by atoms with E-state index in [1.807, 2.05) is 55.5 Å². The molecule has 0 spiro atoms. The van der Waals surface area contributed by atoms with Crippen molar-refractivity contribution in [3.05, 3.63) is 65.2 Å². The van der Waals surface area contributed by atoms with Gasteiger partial charge in [-0.2, -0.15) is 0 Å². The van der Waals surface area contributed by atoms with Gasteiger partial charge in [0.2, 0.25) is 0 Å².